The molecule has 6 nitrogen and oxygen atoms in total. The van der Waals surface area contributed by atoms with Crippen LogP contribution in [-0.2, 0) is 10.0 Å². The van der Waals surface area contributed by atoms with Gasteiger partial charge in [0, 0.05) is 13.1 Å². The van der Waals surface area contributed by atoms with Crippen LogP contribution in [0.4, 0.5) is 0 Å². The molecule has 1 aliphatic heterocycles. The average molecular weight is 334 g/mol. The molecule has 0 radical (unpaired) electrons. The summed E-state index contributed by atoms with van der Waals surface area (Å²) in [6.07, 6.45) is 4.78. The van der Waals surface area contributed by atoms with Crippen LogP contribution in [0.2, 0.25) is 0 Å². The van der Waals surface area contributed by atoms with Gasteiger partial charge in [0.1, 0.15) is 0 Å². The minimum absolute atomic E-state index is 0.177. The van der Waals surface area contributed by atoms with Gasteiger partial charge in [-0.15, -0.1) is 0 Å². The summed E-state index contributed by atoms with van der Waals surface area (Å²) in [7, 11) is -3.45. The van der Waals surface area contributed by atoms with Crippen molar-refractivity contribution in [2.45, 2.75) is 44.6 Å². The second kappa shape index (κ2) is 6.05. The molecule has 0 saturated carbocycles. The number of benzene rings is 1. The summed E-state index contributed by atoms with van der Waals surface area (Å²) in [5.74, 6) is 0. The van der Waals surface area contributed by atoms with E-state index in [9.17, 15) is 8.42 Å². The van der Waals surface area contributed by atoms with Crippen molar-refractivity contribution in [1.29, 1.82) is 0 Å². The normalized spacial score (nSPS) is 17.5. The summed E-state index contributed by atoms with van der Waals surface area (Å²) >= 11 is 0. The maximum atomic E-state index is 13.0. The SMILES string of the molecule is Cc1cc(C)c(S(=O)(=O)N2CCC(n3nccn3)CC2)c(C)c1. The molecular formula is C16H22N4O2S. The summed E-state index contributed by atoms with van der Waals surface area (Å²) in [5.41, 5.74) is 2.72. The maximum absolute atomic E-state index is 13.0. The fourth-order valence-electron chi connectivity index (χ4n) is 3.43. The highest BCUT2D eigenvalue weighted by molar-refractivity contribution is 7.89. The third kappa shape index (κ3) is 3.03. The third-order valence-corrected chi connectivity index (χ3v) is 6.59. The largest absolute Gasteiger partial charge is 0.243 e. The third-order valence-electron chi connectivity index (χ3n) is 4.39. The van der Waals surface area contributed by atoms with Crippen LogP contribution in [0.3, 0.4) is 0 Å². The summed E-state index contributed by atoms with van der Waals surface area (Å²) in [6, 6.07) is 4.04. The minimum atomic E-state index is -3.45. The molecule has 3 rings (SSSR count). The van der Waals surface area contributed by atoms with Crippen LogP contribution in [0.5, 0.6) is 0 Å². The topological polar surface area (TPSA) is 68.1 Å². The van der Waals surface area contributed by atoms with E-state index in [0.717, 1.165) is 29.5 Å². The van der Waals surface area contributed by atoms with Gasteiger partial charge in [0.2, 0.25) is 10.0 Å². The van der Waals surface area contributed by atoms with Crippen molar-refractivity contribution >= 4 is 10.0 Å². The van der Waals surface area contributed by atoms with Crippen molar-refractivity contribution in [3.05, 3.63) is 41.2 Å². The Morgan fingerprint density at radius 3 is 2.04 bits per heavy atom. The fraction of sp³-hybridized carbons (Fsp3) is 0.500. The highest BCUT2D eigenvalue weighted by Crippen LogP contribution is 2.29. The van der Waals surface area contributed by atoms with Crippen LogP contribution in [0.1, 0.15) is 35.6 Å². The number of aromatic nitrogens is 3. The number of hydrogen-bond acceptors (Lipinski definition) is 4. The van der Waals surface area contributed by atoms with E-state index in [2.05, 4.69) is 10.2 Å². The van der Waals surface area contributed by atoms with Gasteiger partial charge in [0.05, 0.1) is 23.3 Å². The molecule has 2 aromatic rings. The van der Waals surface area contributed by atoms with Gasteiger partial charge in [-0.1, -0.05) is 17.7 Å². The zero-order valence-corrected chi connectivity index (χ0v) is 14.5. The molecule has 23 heavy (non-hydrogen) atoms. The van der Waals surface area contributed by atoms with Crippen LogP contribution >= 0.6 is 0 Å². The summed E-state index contributed by atoms with van der Waals surface area (Å²) in [5, 5.41) is 8.32. The molecule has 1 fully saturated rings. The number of rotatable bonds is 3. The number of piperidine rings is 1. The first-order chi connectivity index (χ1) is 10.9. The van der Waals surface area contributed by atoms with Crippen LogP contribution in [0.25, 0.3) is 0 Å². The van der Waals surface area contributed by atoms with Crippen molar-refractivity contribution in [3.8, 4) is 0 Å². The zero-order chi connectivity index (χ0) is 16.6. The second-order valence-corrected chi connectivity index (χ2v) is 8.09. The Bertz CT molecular complexity index is 768. The lowest BCUT2D eigenvalue weighted by atomic mass is 10.1. The van der Waals surface area contributed by atoms with E-state index in [0.29, 0.717) is 18.0 Å². The number of aryl methyl sites for hydroxylation is 3. The highest BCUT2D eigenvalue weighted by atomic mass is 32.2. The lowest BCUT2D eigenvalue weighted by Gasteiger charge is -2.31. The van der Waals surface area contributed by atoms with Crippen LogP contribution in [0.15, 0.2) is 29.4 Å². The van der Waals surface area contributed by atoms with Crippen molar-refractivity contribution in [2.75, 3.05) is 13.1 Å². The Hall–Kier alpha value is -1.73. The molecule has 0 atom stereocenters. The second-order valence-electron chi connectivity index (χ2n) is 6.21. The van der Waals surface area contributed by atoms with E-state index in [1.807, 2.05) is 32.9 Å². The van der Waals surface area contributed by atoms with E-state index < -0.39 is 10.0 Å². The Kier molecular flexibility index (Phi) is 4.25. The van der Waals surface area contributed by atoms with Gasteiger partial charge in [-0.05, 0) is 44.7 Å². The maximum Gasteiger partial charge on any atom is 0.243 e. The molecule has 0 aliphatic carbocycles. The predicted octanol–water partition coefficient (Wildman–Crippen LogP) is 2.23. The zero-order valence-electron chi connectivity index (χ0n) is 13.7. The lowest BCUT2D eigenvalue weighted by molar-refractivity contribution is 0.245. The first-order valence-corrected chi connectivity index (χ1v) is 9.27. The first kappa shape index (κ1) is 16.1. The molecule has 0 spiro atoms. The molecular weight excluding hydrogens is 312 g/mol. The van der Waals surface area contributed by atoms with Crippen molar-refractivity contribution in [1.82, 2.24) is 19.3 Å². The van der Waals surface area contributed by atoms with Gasteiger partial charge in [-0.2, -0.15) is 19.3 Å². The molecule has 2 heterocycles. The Morgan fingerprint density at radius 2 is 1.52 bits per heavy atom. The predicted molar refractivity (Wildman–Crippen MR) is 87.7 cm³/mol. The first-order valence-electron chi connectivity index (χ1n) is 7.83. The van der Waals surface area contributed by atoms with Gasteiger partial charge in [0.15, 0.2) is 0 Å². The highest BCUT2D eigenvalue weighted by Gasteiger charge is 2.32. The van der Waals surface area contributed by atoms with Gasteiger partial charge in [-0.25, -0.2) is 8.42 Å². The number of hydrogen-bond donors (Lipinski definition) is 0. The molecule has 124 valence electrons. The van der Waals surface area contributed by atoms with Gasteiger partial charge in [0.25, 0.3) is 0 Å². The number of sulfonamides is 1. The Balaban J connectivity index is 1.82. The summed E-state index contributed by atoms with van der Waals surface area (Å²) in [6.45, 7) is 6.72. The monoisotopic (exact) mass is 334 g/mol. The van der Waals surface area contributed by atoms with Crippen molar-refractivity contribution < 1.29 is 8.42 Å². The average Bonchev–Trinajstić information content (AvgIpc) is 3.00. The van der Waals surface area contributed by atoms with Crippen molar-refractivity contribution in [3.63, 3.8) is 0 Å². The smallest absolute Gasteiger partial charge is 0.207 e. The number of nitrogens with zero attached hydrogens (tertiary/aromatic N) is 4. The molecule has 1 aromatic carbocycles. The molecule has 1 saturated heterocycles. The Morgan fingerprint density at radius 1 is 1.00 bits per heavy atom. The lowest BCUT2D eigenvalue weighted by Crippen LogP contribution is -2.39. The van der Waals surface area contributed by atoms with E-state index in [1.54, 1.807) is 21.5 Å². The molecule has 0 amide bonds. The minimum Gasteiger partial charge on any atom is -0.207 e. The van der Waals surface area contributed by atoms with E-state index in [1.165, 1.54) is 0 Å². The quantitative estimate of drug-likeness (QED) is 0.863. The fourth-order valence-corrected chi connectivity index (χ4v) is 5.31. The van der Waals surface area contributed by atoms with Crippen molar-refractivity contribution in [2.24, 2.45) is 0 Å². The van der Waals surface area contributed by atoms with E-state index >= 15 is 0 Å². The van der Waals surface area contributed by atoms with Crippen LogP contribution in [-0.4, -0.2) is 40.8 Å². The molecule has 0 bridgehead atoms. The summed E-state index contributed by atoms with van der Waals surface area (Å²) < 4.78 is 27.6. The molecule has 1 aromatic heterocycles. The van der Waals surface area contributed by atoms with E-state index in [-0.39, 0.29) is 6.04 Å². The Labute approximate surface area is 137 Å². The van der Waals surface area contributed by atoms with Gasteiger partial charge in [-0.3, -0.25) is 0 Å². The molecule has 0 N–H and O–H groups in total. The molecule has 7 heteroatoms. The van der Waals surface area contributed by atoms with Gasteiger partial charge < -0.3 is 0 Å². The summed E-state index contributed by atoms with van der Waals surface area (Å²) in [4.78, 5) is 2.14. The molecule has 1 aliphatic rings. The van der Waals surface area contributed by atoms with Crippen LogP contribution in [0, 0.1) is 20.8 Å². The molecule has 0 unspecified atom stereocenters. The van der Waals surface area contributed by atoms with Gasteiger partial charge >= 0.3 is 0 Å². The van der Waals surface area contributed by atoms with E-state index in [4.69, 9.17) is 0 Å². The standard InChI is InChI=1S/C16H22N4O2S/c1-12-10-13(2)16(14(3)11-12)23(21,22)19-8-4-15(5-9-19)20-17-6-7-18-20/h6-7,10-11,15H,4-5,8-9H2,1-3H3. The van der Waals surface area contributed by atoms with Crippen LogP contribution < -0.4 is 0 Å².